The molecule has 1 atom stereocenters. The molecule has 13 heavy (non-hydrogen) atoms. The van der Waals surface area contributed by atoms with Gasteiger partial charge in [0.05, 0.1) is 0 Å². The van der Waals surface area contributed by atoms with Crippen LogP contribution in [0.1, 0.15) is 47.0 Å². The second-order valence-corrected chi connectivity index (χ2v) is 3.81. The summed E-state index contributed by atoms with van der Waals surface area (Å²) in [4.78, 5) is 11.4. The van der Waals surface area contributed by atoms with Crippen LogP contribution < -0.4 is 0 Å². The number of ketones is 1. The van der Waals surface area contributed by atoms with E-state index in [0.29, 0.717) is 18.9 Å². The molecule has 0 N–H and O–H groups in total. The Morgan fingerprint density at radius 1 is 1.31 bits per heavy atom. The van der Waals surface area contributed by atoms with E-state index in [1.165, 1.54) is 0 Å². The maximum atomic E-state index is 11.4. The fourth-order valence-corrected chi connectivity index (χ4v) is 1.21. The monoisotopic (exact) mass is 186 g/mol. The highest BCUT2D eigenvalue weighted by Crippen LogP contribution is 2.11. The molecule has 0 amide bonds. The number of hydrogen-bond acceptors (Lipinski definition) is 2. The SMILES string of the molecule is CCCOC(CC(C)C)C(=O)CC. The highest BCUT2D eigenvalue weighted by molar-refractivity contribution is 5.82. The minimum absolute atomic E-state index is 0.162. The van der Waals surface area contributed by atoms with Gasteiger partial charge in [0.2, 0.25) is 0 Å². The first-order chi connectivity index (χ1) is 6.11. The predicted octanol–water partition coefficient (Wildman–Crippen LogP) is 2.81. The van der Waals surface area contributed by atoms with E-state index in [4.69, 9.17) is 4.74 Å². The smallest absolute Gasteiger partial charge is 0.161 e. The summed E-state index contributed by atoms with van der Waals surface area (Å²) in [5.41, 5.74) is 0. The average molecular weight is 186 g/mol. The summed E-state index contributed by atoms with van der Waals surface area (Å²) in [6, 6.07) is 0. The molecule has 0 saturated carbocycles. The summed E-state index contributed by atoms with van der Waals surface area (Å²) in [5.74, 6) is 0.763. The zero-order valence-electron chi connectivity index (χ0n) is 9.30. The molecule has 0 aliphatic heterocycles. The first-order valence-electron chi connectivity index (χ1n) is 5.26. The number of carbonyl (C=O) groups is 1. The van der Waals surface area contributed by atoms with Crippen molar-refractivity contribution in [1.82, 2.24) is 0 Å². The Hall–Kier alpha value is -0.370. The van der Waals surface area contributed by atoms with Gasteiger partial charge in [0.1, 0.15) is 6.10 Å². The Labute approximate surface area is 81.7 Å². The van der Waals surface area contributed by atoms with Gasteiger partial charge in [-0.05, 0) is 18.8 Å². The van der Waals surface area contributed by atoms with E-state index < -0.39 is 0 Å². The Morgan fingerprint density at radius 3 is 2.31 bits per heavy atom. The van der Waals surface area contributed by atoms with Crippen molar-refractivity contribution in [3.05, 3.63) is 0 Å². The molecule has 0 aromatic carbocycles. The molecule has 0 aromatic heterocycles. The number of ether oxygens (including phenoxy) is 1. The topological polar surface area (TPSA) is 26.3 Å². The van der Waals surface area contributed by atoms with E-state index in [9.17, 15) is 4.79 Å². The summed E-state index contributed by atoms with van der Waals surface area (Å²) in [6.45, 7) is 8.88. The Morgan fingerprint density at radius 2 is 1.92 bits per heavy atom. The van der Waals surface area contributed by atoms with Crippen LogP contribution in [-0.4, -0.2) is 18.5 Å². The van der Waals surface area contributed by atoms with Gasteiger partial charge in [0, 0.05) is 13.0 Å². The summed E-state index contributed by atoms with van der Waals surface area (Å²) < 4.78 is 5.51. The van der Waals surface area contributed by atoms with Crippen molar-refractivity contribution in [3.63, 3.8) is 0 Å². The standard InChI is InChI=1S/C11H22O2/c1-5-7-13-11(8-9(3)4)10(12)6-2/h9,11H,5-8H2,1-4H3. The largest absolute Gasteiger partial charge is 0.370 e. The molecule has 0 fully saturated rings. The number of rotatable bonds is 7. The molecule has 0 rings (SSSR count). The lowest BCUT2D eigenvalue weighted by molar-refractivity contribution is -0.131. The summed E-state index contributed by atoms with van der Waals surface area (Å²) in [5, 5.41) is 0. The van der Waals surface area contributed by atoms with E-state index in [0.717, 1.165) is 12.8 Å². The molecule has 78 valence electrons. The number of Topliss-reactive ketones (excluding diaryl/α,β-unsaturated/α-hetero) is 1. The molecule has 0 bridgehead atoms. The van der Waals surface area contributed by atoms with Crippen molar-refractivity contribution in [3.8, 4) is 0 Å². The third-order valence-electron chi connectivity index (χ3n) is 1.92. The van der Waals surface area contributed by atoms with Gasteiger partial charge >= 0.3 is 0 Å². The van der Waals surface area contributed by atoms with Gasteiger partial charge in [-0.3, -0.25) is 4.79 Å². The van der Waals surface area contributed by atoms with E-state index in [1.54, 1.807) is 0 Å². The van der Waals surface area contributed by atoms with Crippen LogP contribution in [0.25, 0.3) is 0 Å². The van der Waals surface area contributed by atoms with Crippen LogP contribution >= 0.6 is 0 Å². The molecule has 0 saturated heterocycles. The zero-order chi connectivity index (χ0) is 10.3. The van der Waals surface area contributed by atoms with Crippen molar-refractivity contribution in [1.29, 1.82) is 0 Å². The first-order valence-corrected chi connectivity index (χ1v) is 5.26. The van der Waals surface area contributed by atoms with Crippen molar-refractivity contribution in [2.45, 2.75) is 53.1 Å². The molecule has 0 radical (unpaired) electrons. The minimum atomic E-state index is -0.162. The highest BCUT2D eigenvalue weighted by atomic mass is 16.5. The Bertz CT molecular complexity index is 141. The number of hydrogen-bond donors (Lipinski definition) is 0. The van der Waals surface area contributed by atoms with Crippen LogP contribution in [-0.2, 0) is 9.53 Å². The summed E-state index contributed by atoms with van der Waals surface area (Å²) in [7, 11) is 0. The molecule has 0 spiro atoms. The van der Waals surface area contributed by atoms with E-state index in [1.807, 2.05) is 6.92 Å². The van der Waals surface area contributed by atoms with Crippen LogP contribution in [0.3, 0.4) is 0 Å². The van der Waals surface area contributed by atoms with Gasteiger partial charge in [-0.15, -0.1) is 0 Å². The van der Waals surface area contributed by atoms with Crippen LogP contribution in [0.15, 0.2) is 0 Å². The van der Waals surface area contributed by atoms with Gasteiger partial charge < -0.3 is 4.74 Å². The maximum absolute atomic E-state index is 11.4. The molecule has 2 nitrogen and oxygen atoms in total. The summed E-state index contributed by atoms with van der Waals surface area (Å²) in [6.07, 6.45) is 2.25. The fourth-order valence-electron chi connectivity index (χ4n) is 1.21. The highest BCUT2D eigenvalue weighted by Gasteiger charge is 2.17. The van der Waals surface area contributed by atoms with Crippen molar-refractivity contribution in [2.75, 3.05) is 6.61 Å². The second kappa shape index (κ2) is 7.07. The molecule has 0 aliphatic rings. The van der Waals surface area contributed by atoms with Gasteiger partial charge in [0.25, 0.3) is 0 Å². The Balaban J connectivity index is 3.94. The van der Waals surface area contributed by atoms with Gasteiger partial charge in [-0.1, -0.05) is 27.7 Å². The molecule has 0 aliphatic carbocycles. The molecular formula is C11H22O2. The summed E-state index contributed by atoms with van der Waals surface area (Å²) >= 11 is 0. The van der Waals surface area contributed by atoms with Crippen molar-refractivity contribution in [2.24, 2.45) is 5.92 Å². The third kappa shape index (κ3) is 5.81. The van der Waals surface area contributed by atoms with E-state index in [2.05, 4.69) is 20.8 Å². The third-order valence-corrected chi connectivity index (χ3v) is 1.92. The lowest BCUT2D eigenvalue weighted by atomic mass is 10.0. The second-order valence-electron chi connectivity index (χ2n) is 3.81. The van der Waals surface area contributed by atoms with Crippen molar-refractivity contribution >= 4 is 5.78 Å². The van der Waals surface area contributed by atoms with Crippen LogP contribution in [0.5, 0.6) is 0 Å². The molecule has 1 unspecified atom stereocenters. The minimum Gasteiger partial charge on any atom is -0.370 e. The van der Waals surface area contributed by atoms with Crippen LogP contribution in [0, 0.1) is 5.92 Å². The quantitative estimate of drug-likeness (QED) is 0.611. The lowest BCUT2D eigenvalue weighted by Crippen LogP contribution is -2.25. The van der Waals surface area contributed by atoms with Crippen LogP contribution in [0.4, 0.5) is 0 Å². The molecule has 0 heterocycles. The number of carbonyl (C=O) groups excluding carboxylic acids is 1. The molecule has 2 heteroatoms. The fraction of sp³-hybridized carbons (Fsp3) is 0.909. The average Bonchev–Trinajstić information content (AvgIpc) is 2.10. The molecule has 0 aromatic rings. The Kier molecular flexibility index (Phi) is 6.87. The maximum Gasteiger partial charge on any atom is 0.161 e. The normalized spacial score (nSPS) is 13.3. The first kappa shape index (κ1) is 12.6. The van der Waals surface area contributed by atoms with Gasteiger partial charge in [-0.2, -0.15) is 0 Å². The molecular weight excluding hydrogens is 164 g/mol. The van der Waals surface area contributed by atoms with E-state index in [-0.39, 0.29) is 11.9 Å². The predicted molar refractivity (Wildman–Crippen MR) is 54.8 cm³/mol. The van der Waals surface area contributed by atoms with Crippen LogP contribution in [0.2, 0.25) is 0 Å². The van der Waals surface area contributed by atoms with E-state index >= 15 is 0 Å². The lowest BCUT2D eigenvalue weighted by Gasteiger charge is -2.17. The van der Waals surface area contributed by atoms with Crippen molar-refractivity contribution < 1.29 is 9.53 Å². The van der Waals surface area contributed by atoms with Gasteiger partial charge in [-0.25, -0.2) is 0 Å². The zero-order valence-corrected chi connectivity index (χ0v) is 9.30. The van der Waals surface area contributed by atoms with Gasteiger partial charge in [0.15, 0.2) is 5.78 Å².